The standard InChI is InChI=1S/C30H36F2N6O2/c31-21-14-20(15-22(32)17-21)13-19-1-4-27(33)26(16-19)29(34)37-30(39)25-3-2-24(38-9-7-35-8-10-38)18-28(25)36-23-5-11-40-12-6-23/h1-4,14-18,23,29,35-36H,5-13,33-34H2,(H,37,39). The van der Waals surface area contributed by atoms with E-state index in [9.17, 15) is 13.6 Å². The first-order chi connectivity index (χ1) is 19.4. The second-order valence-corrected chi connectivity index (χ2v) is 10.4. The van der Waals surface area contributed by atoms with E-state index in [0.717, 1.165) is 62.0 Å². The number of nitrogens with zero attached hydrogens (tertiary/aromatic N) is 1. The number of hydrogen-bond donors (Lipinski definition) is 5. The number of ether oxygens (including phenoxy) is 1. The number of nitrogen functional groups attached to an aromatic ring is 1. The summed E-state index contributed by atoms with van der Waals surface area (Å²) in [6.07, 6.45) is 1.11. The first kappa shape index (κ1) is 27.8. The van der Waals surface area contributed by atoms with E-state index in [1.807, 2.05) is 18.2 Å². The molecule has 1 unspecified atom stereocenters. The third-order valence-electron chi connectivity index (χ3n) is 7.41. The minimum atomic E-state index is -0.888. The van der Waals surface area contributed by atoms with Gasteiger partial charge in [0.2, 0.25) is 0 Å². The number of carbonyl (C=O) groups is 1. The molecule has 1 amide bonds. The Balaban J connectivity index is 1.35. The fraction of sp³-hybridized carbons (Fsp3) is 0.367. The fourth-order valence-electron chi connectivity index (χ4n) is 5.28. The number of benzene rings is 3. The van der Waals surface area contributed by atoms with Gasteiger partial charge in [-0.2, -0.15) is 0 Å². The predicted molar refractivity (Wildman–Crippen MR) is 153 cm³/mol. The van der Waals surface area contributed by atoms with Crippen LogP contribution in [0.2, 0.25) is 0 Å². The molecular weight excluding hydrogens is 514 g/mol. The van der Waals surface area contributed by atoms with Crippen LogP contribution in [0, 0.1) is 11.6 Å². The molecule has 2 saturated heterocycles. The monoisotopic (exact) mass is 550 g/mol. The third kappa shape index (κ3) is 6.88. The Hall–Kier alpha value is -3.73. The largest absolute Gasteiger partial charge is 0.398 e. The van der Waals surface area contributed by atoms with Crippen LogP contribution in [-0.4, -0.2) is 51.3 Å². The molecule has 5 rings (SSSR count). The van der Waals surface area contributed by atoms with Gasteiger partial charge in [-0.25, -0.2) is 8.78 Å². The van der Waals surface area contributed by atoms with E-state index in [1.54, 1.807) is 18.2 Å². The van der Waals surface area contributed by atoms with Gasteiger partial charge in [-0.1, -0.05) is 6.07 Å². The molecule has 2 heterocycles. The number of carbonyl (C=O) groups excluding carboxylic acids is 1. The maximum atomic E-state index is 13.7. The minimum absolute atomic E-state index is 0.201. The Bertz CT molecular complexity index is 1320. The second-order valence-electron chi connectivity index (χ2n) is 10.4. The Kier molecular flexibility index (Phi) is 8.78. The maximum absolute atomic E-state index is 13.7. The Morgan fingerprint density at radius 2 is 1.73 bits per heavy atom. The number of piperazine rings is 1. The molecule has 0 radical (unpaired) electrons. The zero-order valence-corrected chi connectivity index (χ0v) is 22.4. The van der Waals surface area contributed by atoms with Gasteiger partial charge in [0.1, 0.15) is 17.8 Å². The average Bonchev–Trinajstić information content (AvgIpc) is 2.94. The van der Waals surface area contributed by atoms with Crippen LogP contribution in [0.4, 0.5) is 25.8 Å². The molecule has 10 heteroatoms. The van der Waals surface area contributed by atoms with Gasteiger partial charge in [0.25, 0.3) is 5.91 Å². The average molecular weight is 551 g/mol. The third-order valence-corrected chi connectivity index (χ3v) is 7.41. The number of nitrogens with one attached hydrogen (secondary N) is 3. The van der Waals surface area contributed by atoms with E-state index in [4.69, 9.17) is 16.2 Å². The summed E-state index contributed by atoms with van der Waals surface area (Å²) in [5.74, 6) is -1.60. The van der Waals surface area contributed by atoms with Crippen molar-refractivity contribution in [2.45, 2.75) is 31.5 Å². The molecule has 212 valence electrons. The van der Waals surface area contributed by atoms with Crippen molar-refractivity contribution in [3.05, 3.63) is 88.5 Å². The summed E-state index contributed by atoms with van der Waals surface area (Å²) in [5, 5.41) is 9.83. The summed E-state index contributed by atoms with van der Waals surface area (Å²) in [5.41, 5.74) is 17.2. The fourth-order valence-corrected chi connectivity index (χ4v) is 5.28. The van der Waals surface area contributed by atoms with Crippen molar-refractivity contribution >= 4 is 23.0 Å². The molecule has 0 spiro atoms. The molecule has 2 fully saturated rings. The van der Waals surface area contributed by atoms with Gasteiger partial charge in [-0.15, -0.1) is 0 Å². The van der Waals surface area contributed by atoms with E-state index < -0.39 is 17.8 Å². The van der Waals surface area contributed by atoms with Crippen LogP contribution < -0.4 is 32.3 Å². The molecule has 0 aliphatic carbocycles. The van der Waals surface area contributed by atoms with Crippen LogP contribution in [0.5, 0.6) is 0 Å². The molecule has 8 nitrogen and oxygen atoms in total. The molecule has 1 atom stereocenters. The smallest absolute Gasteiger partial charge is 0.254 e. The van der Waals surface area contributed by atoms with Crippen molar-refractivity contribution in [1.82, 2.24) is 10.6 Å². The van der Waals surface area contributed by atoms with Gasteiger partial charge >= 0.3 is 0 Å². The van der Waals surface area contributed by atoms with Crippen molar-refractivity contribution < 1.29 is 18.3 Å². The van der Waals surface area contributed by atoms with Crippen LogP contribution in [0.1, 0.15) is 46.1 Å². The Labute approximate surface area is 233 Å². The summed E-state index contributed by atoms with van der Waals surface area (Å²) in [6.45, 7) is 4.97. The number of amides is 1. The number of hydrogen-bond acceptors (Lipinski definition) is 7. The molecule has 3 aromatic carbocycles. The first-order valence-electron chi connectivity index (χ1n) is 13.7. The highest BCUT2D eigenvalue weighted by atomic mass is 19.1. The quantitative estimate of drug-likeness (QED) is 0.215. The maximum Gasteiger partial charge on any atom is 0.254 e. The molecule has 0 saturated carbocycles. The SMILES string of the molecule is Nc1ccc(Cc2cc(F)cc(F)c2)cc1C(N)NC(=O)c1ccc(N2CCNCC2)cc1NC1CCOCC1. The molecule has 7 N–H and O–H groups in total. The number of nitrogens with two attached hydrogens (primary N) is 2. The molecule has 40 heavy (non-hydrogen) atoms. The zero-order chi connectivity index (χ0) is 28.1. The molecule has 3 aromatic rings. The van der Waals surface area contributed by atoms with Gasteiger partial charge in [0, 0.05) is 74.1 Å². The lowest BCUT2D eigenvalue weighted by atomic mass is 10.00. The summed E-state index contributed by atoms with van der Waals surface area (Å²) >= 11 is 0. The zero-order valence-electron chi connectivity index (χ0n) is 22.4. The Morgan fingerprint density at radius 1 is 1.00 bits per heavy atom. The summed E-state index contributed by atoms with van der Waals surface area (Å²) in [7, 11) is 0. The van der Waals surface area contributed by atoms with E-state index in [0.29, 0.717) is 35.6 Å². The molecule has 2 aliphatic rings. The van der Waals surface area contributed by atoms with Crippen molar-refractivity contribution in [3.8, 4) is 0 Å². The topological polar surface area (TPSA) is 118 Å². The normalized spacial score (nSPS) is 16.9. The van der Waals surface area contributed by atoms with Gasteiger partial charge in [-0.3, -0.25) is 4.79 Å². The van der Waals surface area contributed by atoms with E-state index >= 15 is 0 Å². The second kappa shape index (κ2) is 12.6. The molecule has 0 aromatic heterocycles. The Morgan fingerprint density at radius 3 is 2.45 bits per heavy atom. The van der Waals surface area contributed by atoms with Crippen molar-refractivity contribution in [2.75, 3.05) is 55.3 Å². The highest BCUT2D eigenvalue weighted by molar-refractivity contribution is 6.00. The molecule has 2 aliphatic heterocycles. The van der Waals surface area contributed by atoms with Crippen LogP contribution in [0.15, 0.2) is 54.6 Å². The van der Waals surface area contributed by atoms with Crippen LogP contribution in [-0.2, 0) is 11.2 Å². The summed E-state index contributed by atoms with van der Waals surface area (Å²) in [6, 6.07) is 14.7. The summed E-state index contributed by atoms with van der Waals surface area (Å²) in [4.78, 5) is 15.8. The number of rotatable bonds is 8. The highest BCUT2D eigenvalue weighted by Crippen LogP contribution is 2.28. The lowest BCUT2D eigenvalue weighted by Crippen LogP contribution is -2.43. The van der Waals surface area contributed by atoms with E-state index in [2.05, 4.69) is 20.9 Å². The van der Waals surface area contributed by atoms with Crippen molar-refractivity contribution in [1.29, 1.82) is 0 Å². The summed E-state index contributed by atoms with van der Waals surface area (Å²) < 4.78 is 32.9. The predicted octanol–water partition coefficient (Wildman–Crippen LogP) is 3.53. The molecule has 0 bridgehead atoms. The molecular formula is C30H36F2N6O2. The number of halogens is 2. The van der Waals surface area contributed by atoms with Gasteiger partial charge in [-0.05, 0) is 72.9 Å². The van der Waals surface area contributed by atoms with E-state index in [-0.39, 0.29) is 18.4 Å². The van der Waals surface area contributed by atoms with Crippen molar-refractivity contribution in [3.63, 3.8) is 0 Å². The lowest BCUT2D eigenvalue weighted by molar-refractivity contribution is 0.0903. The van der Waals surface area contributed by atoms with Gasteiger partial charge in [0.15, 0.2) is 0 Å². The first-order valence-corrected chi connectivity index (χ1v) is 13.7. The lowest BCUT2D eigenvalue weighted by Gasteiger charge is -2.31. The van der Waals surface area contributed by atoms with Crippen molar-refractivity contribution in [2.24, 2.45) is 5.73 Å². The van der Waals surface area contributed by atoms with Crippen LogP contribution in [0.25, 0.3) is 0 Å². The number of anilines is 3. The van der Waals surface area contributed by atoms with Gasteiger partial charge < -0.3 is 37.1 Å². The minimum Gasteiger partial charge on any atom is -0.398 e. The van der Waals surface area contributed by atoms with Crippen LogP contribution in [0.3, 0.4) is 0 Å². The van der Waals surface area contributed by atoms with E-state index in [1.165, 1.54) is 12.1 Å². The van der Waals surface area contributed by atoms with Crippen LogP contribution >= 0.6 is 0 Å². The highest BCUT2D eigenvalue weighted by Gasteiger charge is 2.22. The van der Waals surface area contributed by atoms with Gasteiger partial charge in [0.05, 0.1) is 5.56 Å².